The van der Waals surface area contributed by atoms with Gasteiger partial charge in [0.15, 0.2) is 0 Å². The molecule has 0 atom stereocenters. The van der Waals surface area contributed by atoms with Gasteiger partial charge in [-0.3, -0.25) is 0 Å². The van der Waals surface area contributed by atoms with Crippen LogP contribution < -0.4 is 30.1 Å². The van der Waals surface area contributed by atoms with Crippen LogP contribution >= 0.6 is 0 Å². The number of amides is 6. The van der Waals surface area contributed by atoms with E-state index in [1.165, 1.54) is 103 Å². The third-order valence-electron chi connectivity index (χ3n) is 6.56. The fourth-order valence-corrected chi connectivity index (χ4v) is 7.20. The number of carbonyl (C=O) groups excluding carboxylic acids is 3. The summed E-state index contributed by atoms with van der Waals surface area (Å²) in [6.07, 6.45) is 0. The molecular formula is C31H26N6O9S3. The van der Waals surface area contributed by atoms with E-state index in [1.807, 2.05) is 14.2 Å². The van der Waals surface area contributed by atoms with Crippen LogP contribution in [0.15, 0.2) is 136 Å². The number of sulfonamides is 3. The second-order valence-corrected chi connectivity index (χ2v) is 15.1. The standard InChI is InChI=1S/C31H26N6O9S3/c38-29(35-47(41,42)24-10-4-1-5-11-24)32-22-17-16-21-18-23(33-30(39)36-48(43,44)25-12-6-2-7-13-25)20-28(27(21)19-22)34-31(40)37-49(45,46)26-14-8-3-9-15-26/h1-20H,(H2,32,35,38)(H2,33,36,39)(H2,34,37,40). The van der Waals surface area contributed by atoms with Gasteiger partial charge in [-0.25, -0.2) is 53.8 Å². The monoisotopic (exact) mass is 722 g/mol. The summed E-state index contributed by atoms with van der Waals surface area (Å²) >= 11 is 0. The predicted molar refractivity (Wildman–Crippen MR) is 181 cm³/mol. The molecule has 0 spiro atoms. The Kier molecular flexibility index (Phi) is 9.83. The lowest BCUT2D eigenvalue weighted by Crippen LogP contribution is -2.35. The molecular weight excluding hydrogens is 697 g/mol. The molecule has 0 saturated heterocycles. The molecule has 0 bridgehead atoms. The minimum absolute atomic E-state index is 0.0121. The van der Waals surface area contributed by atoms with Gasteiger partial charge in [-0.05, 0) is 66.0 Å². The predicted octanol–water partition coefficient (Wildman–Crippen LogP) is 4.37. The molecule has 49 heavy (non-hydrogen) atoms. The molecule has 0 heterocycles. The first-order valence-electron chi connectivity index (χ1n) is 14.0. The highest BCUT2D eigenvalue weighted by atomic mass is 32.2. The van der Waals surface area contributed by atoms with Crippen molar-refractivity contribution in [2.45, 2.75) is 14.7 Å². The van der Waals surface area contributed by atoms with Crippen LogP contribution in [0.3, 0.4) is 0 Å². The third kappa shape index (κ3) is 8.69. The zero-order chi connectivity index (χ0) is 35.2. The zero-order valence-electron chi connectivity index (χ0n) is 24.9. The van der Waals surface area contributed by atoms with E-state index < -0.39 is 48.2 Å². The average molecular weight is 723 g/mol. The van der Waals surface area contributed by atoms with Crippen LogP contribution in [0.2, 0.25) is 0 Å². The second kappa shape index (κ2) is 14.0. The van der Waals surface area contributed by atoms with Gasteiger partial charge in [0.05, 0.1) is 20.4 Å². The van der Waals surface area contributed by atoms with Gasteiger partial charge in [0.25, 0.3) is 30.1 Å². The first-order chi connectivity index (χ1) is 23.2. The SMILES string of the molecule is O=C(Nc1cc(NC(=O)NS(=O)(=O)c2ccccc2)c2cc(NC(=O)NS(=O)(=O)c3ccccc3)ccc2c1)NS(=O)(=O)c1ccccc1. The molecule has 0 saturated carbocycles. The number of hydrogen-bond acceptors (Lipinski definition) is 9. The molecule has 5 aromatic carbocycles. The molecule has 0 aliphatic rings. The molecule has 15 nitrogen and oxygen atoms in total. The lowest BCUT2D eigenvalue weighted by atomic mass is 10.1. The molecule has 5 aromatic rings. The quantitative estimate of drug-likeness (QED) is 0.127. The molecule has 0 aliphatic heterocycles. The number of urea groups is 3. The fourth-order valence-electron chi connectivity index (χ4n) is 4.41. The van der Waals surface area contributed by atoms with Gasteiger partial charge in [-0.1, -0.05) is 60.7 Å². The molecule has 18 heteroatoms. The Balaban J connectivity index is 1.43. The highest BCUT2D eigenvalue weighted by molar-refractivity contribution is 7.90. The Labute approximate surface area is 280 Å². The summed E-state index contributed by atoms with van der Waals surface area (Å²) in [4.78, 5) is 37.8. The van der Waals surface area contributed by atoms with E-state index in [-0.39, 0.29) is 37.1 Å². The summed E-state index contributed by atoms with van der Waals surface area (Å²) in [5.74, 6) is 0. The average Bonchev–Trinajstić information content (AvgIpc) is 3.05. The van der Waals surface area contributed by atoms with Crippen LogP contribution in [0, 0.1) is 0 Å². The van der Waals surface area contributed by atoms with E-state index in [9.17, 15) is 39.6 Å². The van der Waals surface area contributed by atoms with E-state index in [4.69, 9.17) is 0 Å². The Morgan fingerprint density at radius 2 is 0.796 bits per heavy atom. The summed E-state index contributed by atoms with van der Waals surface area (Å²) in [5, 5.41) is 7.69. The molecule has 6 amide bonds. The molecule has 0 aromatic heterocycles. The number of rotatable bonds is 9. The van der Waals surface area contributed by atoms with Crippen molar-refractivity contribution in [3.05, 3.63) is 121 Å². The van der Waals surface area contributed by atoms with Gasteiger partial charge in [-0.2, -0.15) is 0 Å². The Morgan fingerprint density at radius 3 is 1.22 bits per heavy atom. The van der Waals surface area contributed by atoms with E-state index in [1.54, 1.807) is 18.2 Å². The normalized spacial score (nSPS) is 11.6. The van der Waals surface area contributed by atoms with Crippen LogP contribution in [0.1, 0.15) is 0 Å². The maximum absolute atomic E-state index is 13.0. The van der Waals surface area contributed by atoms with Gasteiger partial charge in [0.2, 0.25) is 0 Å². The van der Waals surface area contributed by atoms with Crippen molar-refractivity contribution in [3.63, 3.8) is 0 Å². The number of carbonyl (C=O) groups is 3. The summed E-state index contributed by atoms with van der Waals surface area (Å²) in [7, 11) is -12.8. The molecule has 6 N–H and O–H groups in total. The summed E-state index contributed by atoms with van der Waals surface area (Å²) in [5.41, 5.74) is -0.0247. The second-order valence-electron chi connectivity index (χ2n) is 10.1. The van der Waals surface area contributed by atoms with Crippen molar-refractivity contribution in [1.82, 2.24) is 14.2 Å². The summed E-state index contributed by atoms with van der Waals surface area (Å²) < 4.78 is 81.6. The number of anilines is 3. The highest BCUT2D eigenvalue weighted by Crippen LogP contribution is 2.31. The number of hydrogen-bond donors (Lipinski definition) is 6. The fraction of sp³-hybridized carbons (Fsp3) is 0. The van der Waals surface area contributed by atoms with Gasteiger partial charge >= 0.3 is 18.1 Å². The minimum Gasteiger partial charge on any atom is -0.307 e. The summed E-state index contributed by atoms with van der Waals surface area (Å²) in [6.45, 7) is 0. The lowest BCUT2D eigenvalue weighted by molar-refractivity contribution is 0.255. The first kappa shape index (κ1) is 34.4. The maximum Gasteiger partial charge on any atom is 0.333 e. The molecule has 0 radical (unpaired) electrons. The van der Waals surface area contributed by atoms with Crippen LogP contribution in [-0.4, -0.2) is 43.3 Å². The first-order valence-corrected chi connectivity index (χ1v) is 18.4. The van der Waals surface area contributed by atoms with Crippen molar-refractivity contribution < 1.29 is 39.6 Å². The highest BCUT2D eigenvalue weighted by Gasteiger charge is 2.21. The smallest absolute Gasteiger partial charge is 0.307 e. The Morgan fingerprint density at radius 1 is 0.408 bits per heavy atom. The number of benzene rings is 5. The van der Waals surface area contributed by atoms with Gasteiger partial charge < -0.3 is 16.0 Å². The maximum atomic E-state index is 13.0. The zero-order valence-corrected chi connectivity index (χ0v) is 27.4. The molecule has 0 fully saturated rings. The van der Waals surface area contributed by atoms with Crippen molar-refractivity contribution in [3.8, 4) is 0 Å². The topological polar surface area (TPSA) is 226 Å². The molecule has 252 valence electrons. The van der Waals surface area contributed by atoms with Gasteiger partial charge in [-0.15, -0.1) is 0 Å². The van der Waals surface area contributed by atoms with E-state index in [0.717, 1.165) is 0 Å². The molecule has 5 rings (SSSR count). The third-order valence-corrected chi connectivity index (χ3v) is 10.6. The van der Waals surface area contributed by atoms with Crippen LogP contribution in [0.25, 0.3) is 10.8 Å². The van der Waals surface area contributed by atoms with Crippen LogP contribution in [-0.2, 0) is 30.1 Å². The Bertz CT molecular complexity index is 2380. The van der Waals surface area contributed by atoms with E-state index >= 15 is 0 Å². The number of nitrogens with one attached hydrogen (secondary N) is 6. The van der Waals surface area contributed by atoms with Crippen molar-refractivity contribution in [2.75, 3.05) is 16.0 Å². The van der Waals surface area contributed by atoms with E-state index in [2.05, 4.69) is 16.0 Å². The minimum atomic E-state index is -4.30. The van der Waals surface area contributed by atoms with Crippen LogP contribution in [0.5, 0.6) is 0 Å². The molecule has 0 aliphatic carbocycles. The van der Waals surface area contributed by atoms with Gasteiger partial charge in [0.1, 0.15) is 0 Å². The molecule has 0 unspecified atom stereocenters. The van der Waals surface area contributed by atoms with Crippen molar-refractivity contribution in [1.29, 1.82) is 0 Å². The van der Waals surface area contributed by atoms with Gasteiger partial charge in [0, 0.05) is 16.8 Å². The Hall–Kier alpha value is -5.98. The summed E-state index contributed by atoms with van der Waals surface area (Å²) in [6, 6.07) is 24.8. The van der Waals surface area contributed by atoms with Crippen molar-refractivity contribution >= 4 is 76.0 Å². The van der Waals surface area contributed by atoms with Crippen LogP contribution in [0.4, 0.5) is 31.4 Å². The number of fused-ring (bicyclic) bond motifs is 1. The lowest BCUT2D eigenvalue weighted by Gasteiger charge is -2.15. The van der Waals surface area contributed by atoms with Crippen molar-refractivity contribution in [2.24, 2.45) is 0 Å². The van der Waals surface area contributed by atoms with E-state index in [0.29, 0.717) is 5.39 Å². The largest absolute Gasteiger partial charge is 0.333 e.